The first-order chi connectivity index (χ1) is 12.7. The summed E-state index contributed by atoms with van der Waals surface area (Å²) >= 11 is 0. The highest BCUT2D eigenvalue weighted by Crippen LogP contribution is 2.22. The lowest BCUT2D eigenvalue weighted by Gasteiger charge is -2.10. The van der Waals surface area contributed by atoms with Crippen LogP contribution in [0.5, 0.6) is 5.75 Å². The molecule has 0 radical (unpaired) electrons. The quantitative estimate of drug-likeness (QED) is 0.662. The van der Waals surface area contributed by atoms with E-state index in [0.29, 0.717) is 0 Å². The number of nitrogens with one attached hydrogen (secondary N) is 3. The van der Waals surface area contributed by atoms with E-state index < -0.39 is 48.3 Å². The number of hydrogen-bond acceptors (Lipinski definition) is 3. The first-order valence-electron chi connectivity index (χ1n) is 7.28. The lowest BCUT2D eigenvalue weighted by atomic mass is 10.3. The average Bonchev–Trinajstić information content (AvgIpc) is 2.58. The summed E-state index contributed by atoms with van der Waals surface area (Å²) in [7, 11) is 0. The summed E-state index contributed by atoms with van der Waals surface area (Å²) in [4.78, 5) is 23.3. The van der Waals surface area contributed by atoms with Crippen molar-refractivity contribution in [1.82, 2.24) is 5.32 Å². The number of urea groups is 1. The number of carbonyl (C=O) groups excluding carboxylic acids is 2. The minimum absolute atomic E-state index is 0.0159. The lowest BCUT2D eigenvalue weighted by Crippen LogP contribution is -2.35. The summed E-state index contributed by atoms with van der Waals surface area (Å²) in [6.07, 6.45) is 0. The van der Waals surface area contributed by atoms with Gasteiger partial charge in [-0.25, -0.2) is 18.0 Å². The molecular formula is C16H12F5N3O3. The van der Waals surface area contributed by atoms with Crippen molar-refractivity contribution in [3.8, 4) is 5.75 Å². The molecule has 0 saturated heterocycles. The molecule has 2 aromatic rings. The summed E-state index contributed by atoms with van der Waals surface area (Å²) in [6, 6.07) is 4.58. The molecule has 0 aromatic heterocycles. The monoisotopic (exact) mass is 389 g/mol. The molecule has 0 heterocycles. The molecule has 3 amide bonds. The number of hydrogen-bond donors (Lipinski definition) is 3. The molecule has 2 rings (SSSR count). The number of amides is 3. The van der Waals surface area contributed by atoms with E-state index >= 15 is 0 Å². The largest absolute Gasteiger partial charge is 0.432 e. The van der Waals surface area contributed by atoms with E-state index in [-0.39, 0.29) is 11.4 Å². The minimum Gasteiger partial charge on any atom is -0.432 e. The molecule has 0 fully saturated rings. The van der Waals surface area contributed by atoms with Gasteiger partial charge in [-0.1, -0.05) is 0 Å². The molecule has 6 nitrogen and oxygen atoms in total. The number of benzene rings is 2. The van der Waals surface area contributed by atoms with Crippen LogP contribution in [0.4, 0.5) is 38.1 Å². The van der Waals surface area contributed by atoms with Gasteiger partial charge in [0.05, 0.1) is 6.54 Å². The van der Waals surface area contributed by atoms with Crippen LogP contribution >= 0.6 is 0 Å². The number of halogens is 5. The number of alkyl halides is 2. The van der Waals surface area contributed by atoms with Crippen molar-refractivity contribution in [1.29, 1.82) is 0 Å². The van der Waals surface area contributed by atoms with Gasteiger partial charge in [0, 0.05) is 23.5 Å². The Kier molecular flexibility index (Phi) is 6.52. The number of ether oxygens (including phenoxy) is 1. The third-order valence-corrected chi connectivity index (χ3v) is 3.02. The smallest absolute Gasteiger partial charge is 0.387 e. The number of rotatable bonds is 6. The fraction of sp³-hybridized carbons (Fsp3) is 0.125. The van der Waals surface area contributed by atoms with Crippen LogP contribution in [-0.4, -0.2) is 25.1 Å². The molecule has 0 unspecified atom stereocenters. The van der Waals surface area contributed by atoms with E-state index in [1.54, 1.807) is 0 Å². The molecular weight excluding hydrogens is 377 g/mol. The van der Waals surface area contributed by atoms with Crippen LogP contribution in [0.25, 0.3) is 0 Å². The van der Waals surface area contributed by atoms with Crippen LogP contribution in [0.15, 0.2) is 36.4 Å². The number of carbonyl (C=O) groups is 2. The van der Waals surface area contributed by atoms with E-state index in [1.165, 1.54) is 0 Å². The highest BCUT2D eigenvalue weighted by atomic mass is 19.3. The summed E-state index contributed by atoms with van der Waals surface area (Å²) in [6.45, 7) is -3.73. The number of anilines is 2. The molecule has 144 valence electrons. The van der Waals surface area contributed by atoms with Crippen molar-refractivity contribution >= 4 is 23.3 Å². The van der Waals surface area contributed by atoms with Crippen LogP contribution in [0.3, 0.4) is 0 Å². The molecule has 2 aromatic carbocycles. The van der Waals surface area contributed by atoms with E-state index in [0.717, 1.165) is 36.4 Å². The molecule has 0 spiro atoms. The van der Waals surface area contributed by atoms with E-state index in [9.17, 15) is 31.5 Å². The Balaban J connectivity index is 1.84. The van der Waals surface area contributed by atoms with Crippen LogP contribution < -0.4 is 20.7 Å². The molecule has 27 heavy (non-hydrogen) atoms. The Morgan fingerprint density at radius 1 is 0.889 bits per heavy atom. The Morgan fingerprint density at radius 3 is 2.15 bits per heavy atom. The Hall–Kier alpha value is -3.37. The van der Waals surface area contributed by atoms with E-state index in [4.69, 9.17) is 0 Å². The van der Waals surface area contributed by atoms with Crippen molar-refractivity contribution < 1.29 is 36.3 Å². The summed E-state index contributed by atoms with van der Waals surface area (Å²) in [5.41, 5.74) is -0.0922. The van der Waals surface area contributed by atoms with Crippen molar-refractivity contribution in [2.75, 3.05) is 17.2 Å². The first kappa shape index (κ1) is 19.9. The third kappa shape index (κ3) is 6.13. The van der Waals surface area contributed by atoms with Crippen molar-refractivity contribution in [2.45, 2.75) is 6.61 Å². The van der Waals surface area contributed by atoms with Gasteiger partial charge in [-0.2, -0.15) is 8.78 Å². The normalized spacial score (nSPS) is 10.4. The van der Waals surface area contributed by atoms with Crippen LogP contribution in [-0.2, 0) is 4.79 Å². The molecule has 0 atom stereocenters. The minimum atomic E-state index is -3.20. The third-order valence-electron chi connectivity index (χ3n) is 3.02. The molecule has 11 heteroatoms. The average molecular weight is 389 g/mol. The van der Waals surface area contributed by atoms with E-state index in [1.807, 2.05) is 0 Å². The maximum absolute atomic E-state index is 13.5. The standard InChI is InChI=1S/C16H12F5N3O3/c17-10-3-1-8(5-11(10)18)23-14(25)7-22-16(26)24-9-2-4-13(12(19)6-9)27-15(20)21/h1-6,15H,7H2,(H,23,25)(H2,22,24,26). The SMILES string of the molecule is O=C(CNC(=O)Nc1ccc(OC(F)F)c(F)c1)Nc1ccc(F)c(F)c1. The van der Waals surface area contributed by atoms with Crippen molar-refractivity contribution in [2.24, 2.45) is 0 Å². The second-order valence-corrected chi connectivity index (χ2v) is 5.01. The molecule has 0 aliphatic heterocycles. The van der Waals surface area contributed by atoms with Gasteiger partial charge < -0.3 is 20.7 Å². The second kappa shape index (κ2) is 8.83. The van der Waals surface area contributed by atoms with Gasteiger partial charge in [-0.15, -0.1) is 0 Å². The van der Waals surface area contributed by atoms with Gasteiger partial charge in [0.15, 0.2) is 23.2 Å². The van der Waals surface area contributed by atoms with Crippen LogP contribution in [0.2, 0.25) is 0 Å². The molecule has 3 N–H and O–H groups in total. The predicted octanol–water partition coefficient (Wildman–Crippen LogP) is 3.47. The highest BCUT2D eigenvalue weighted by Gasteiger charge is 2.12. The zero-order valence-corrected chi connectivity index (χ0v) is 13.4. The summed E-state index contributed by atoms with van der Waals surface area (Å²) < 4.78 is 67.3. The van der Waals surface area contributed by atoms with Gasteiger partial charge in [0.25, 0.3) is 0 Å². The maximum Gasteiger partial charge on any atom is 0.387 e. The van der Waals surface area contributed by atoms with E-state index in [2.05, 4.69) is 20.7 Å². The van der Waals surface area contributed by atoms with Crippen molar-refractivity contribution in [3.63, 3.8) is 0 Å². The second-order valence-electron chi connectivity index (χ2n) is 5.01. The van der Waals surface area contributed by atoms with Gasteiger partial charge in [0.2, 0.25) is 5.91 Å². The Bertz CT molecular complexity index is 848. The maximum atomic E-state index is 13.5. The lowest BCUT2D eigenvalue weighted by molar-refractivity contribution is -0.115. The highest BCUT2D eigenvalue weighted by molar-refractivity contribution is 5.96. The molecule has 0 bridgehead atoms. The fourth-order valence-electron chi connectivity index (χ4n) is 1.89. The summed E-state index contributed by atoms with van der Waals surface area (Å²) in [5.74, 6) is -4.78. The van der Waals surface area contributed by atoms with Crippen molar-refractivity contribution in [3.05, 3.63) is 53.8 Å². The van der Waals surface area contributed by atoms with Gasteiger partial charge in [-0.05, 0) is 24.3 Å². The zero-order chi connectivity index (χ0) is 20.0. The molecule has 0 aliphatic carbocycles. The predicted molar refractivity (Wildman–Crippen MR) is 85.0 cm³/mol. The molecule has 0 aliphatic rings. The zero-order valence-electron chi connectivity index (χ0n) is 13.4. The fourth-order valence-corrected chi connectivity index (χ4v) is 1.89. The molecule has 0 saturated carbocycles. The van der Waals surface area contributed by atoms with Crippen LogP contribution in [0, 0.1) is 17.5 Å². The first-order valence-corrected chi connectivity index (χ1v) is 7.28. The van der Waals surface area contributed by atoms with Gasteiger partial charge in [-0.3, -0.25) is 4.79 Å². The Morgan fingerprint density at radius 2 is 1.52 bits per heavy atom. The van der Waals surface area contributed by atoms with Crippen LogP contribution in [0.1, 0.15) is 0 Å². The summed E-state index contributed by atoms with van der Waals surface area (Å²) in [5, 5.41) is 6.54. The Labute approximate surface area is 149 Å². The van der Waals surface area contributed by atoms with Gasteiger partial charge >= 0.3 is 12.6 Å². The van der Waals surface area contributed by atoms with Gasteiger partial charge in [0.1, 0.15) is 0 Å². The topological polar surface area (TPSA) is 79.5 Å².